The quantitative estimate of drug-likeness (QED) is 0.572. The van der Waals surface area contributed by atoms with Crippen molar-refractivity contribution in [2.75, 3.05) is 0 Å². The SMILES string of the molecule is O=C(CC1CCCC(Cl)C1)c1ccccc1. The average molecular weight is 237 g/mol. The van der Waals surface area contributed by atoms with Crippen LogP contribution in [0.15, 0.2) is 30.3 Å². The number of carbonyl (C=O) groups excluding carboxylic acids is 1. The highest BCUT2D eigenvalue weighted by molar-refractivity contribution is 6.20. The zero-order valence-electron chi connectivity index (χ0n) is 9.36. The van der Waals surface area contributed by atoms with Crippen molar-refractivity contribution in [3.8, 4) is 0 Å². The van der Waals surface area contributed by atoms with Crippen LogP contribution in [0.1, 0.15) is 42.5 Å². The predicted molar refractivity (Wildman–Crippen MR) is 67.0 cm³/mol. The molecule has 0 saturated heterocycles. The van der Waals surface area contributed by atoms with Crippen molar-refractivity contribution in [3.63, 3.8) is 0 Å². The molecular weight excluding hydrogens is 220 g/mol. The fourth-order valence-corrected chi connectivity index (χ4v) is 2.82. The number of alkyl halides is 1. The van der Waals surface area contributed by atoms with Crippen LogP contribution in [0, 0.1) is 5.92 Å². The van der Waals surface area contributed by atoms with E-state index in [2.05, 4.69) is 0 Å². The van der Waals surface area contributed by atoms with Gasteiger partial charge in [-0.2, -0.15) is 0 Å². The second-order valence-corrected chi connectivity index (χ2v) is 5.24. The van der Waals surface area contributed by atoms with Gasteiger partial charge in [0.2, 0.25) is 0 Å². The summed E-state index contributed by atoms with van der Waals surface area (Å²) in [6, 6.07) is 9.55. The molecule has 1 saturated carbocycles. The number of Topliss-reactive ketones (excluding diaryl/α,β-unsaturated/α-hetero) is 1. The van der Waals surface area contributed by atoms with Gasteiger partial charge in [-0.3, -0.25) is 4.79 Å². The van der Waals surface area contributed by atoms with E-state index in [-0.39, 0.29) is 11.2 Å². The zero-order chi connectivity index (χ0) is 11.4. The molecule has 0 N–H and O–H groups in total. The summed E-state index contributed by atoms with van der Waals surface area (Å²) in [5.41, 5.74) is 0.833. The maximum atomic E-state index is 12.0. The van der Waals surface area contributed by atoms with Crippen molar-refractivity contribution in [1.29, 1.82) is 0 Å². The van der Waals surface area contributed by atoms with Crippen LogP contribution < -0.4 is 0 Å². The molecule has 0 spiro atoms. The Hall–Kier alpha value is -0.820. The summed E-state index contributed by atoms with van der Waals surface area (Å²) in [4.78, 5) is 12.0. The minimum absolute atomic E-state index is 0.261. The molecule has 2 unspecified atom stereocenters. The van der Waals surface area contributed by atoms with Crippen LogP contribution in [0.25, 0.3) is 0 Å². The lowest BCUT2D eigenvalue weighted by Crippen LogP contribution is -2.18. The molecule has 2 atom stereocenters. The molecule has 0 amide bonds. The highest BCUT2D eigenvalue weighted by Crippen LogP contribution is 2.30. The fourth-order valence-electron chi connectivity index (χ4n) is 2.41. The van der Waals surface area contributed by atoms with E-state index >= 15 is 0 Å². The van der Waals surface area contributed by atoms with Crippen LogP contribution in [0.4, 0.5) is 0 Å². The number of carbonyl (C=O) groups is 1. The minimum atomic E-state index is 0.261. The van der Waals surface area contributed by atoms with Crippen molar-refractivity contribution in [2.45, 2.75) is 37.5 Å². The smallest absolute Gasteiger partial charge is 0.163 e. The van der Waals surface area contributed by atoms with Gasteiger partial charge in [0.15, 0.2) is 5.78 Å². The first-order valence-corrected chi connectivity index (χ1v) is 6.41. The standard InChI is InChI=1S/C14H17ClO/c15-13-8-4-5-11(9-13)10-14(16)12-6-2-1-3-7-12/h1-3,6-7,11,13H,4-5,8-10H2. The Morgan fingerprint density at radius 2 is 2.00 bits per heavy atom. The number of hydrogen-bond donors (Lipinski definition) is 0. The summed E-state index contributed by atoms with van der Waals surface area (Å²) in [6.07, 6.45) is 5.09. The van der Waals surface area contributed by atoms with Crippen molar-refractivity contribution in [3.05, 3.63) is 35.9 Å². The van der Waals surface area contributed by atoms with Crippen LogP contribution in [0.3, 0.4) is 0 Å². The van der Waals surface area contributed by atoms with Gasteiger partial charge in [0.05, 0.1) is 0 Å². The molecular formula is C14H17ClO. The second-order valence-electron chi connectivity index (χ2n) is 4.62. The van der Waals surface area contributed by atoms with Crippen LogP contribution in [-0.4, -0.2) is 11.2 Å². The molecule has 16 heavy (non-hydrogen) atoms. The summed E-state index contributed by atoms with van der Waals surface area (Å²) in [5.74, 6) is 0.750. The lowest BCUT2D eigenvalue weighted by Gasteiger charge is -2.24. The summed E-state index contributed by atoms with van der Waals surface area (Å²) in [5, 5.41) is 0.280. The first kappa shape index (κ1) is 11.7. The summed E-state index contributed by atoms with van der Waals surface area (Å²) < 4.78 is 0. The van der Waals surface area contributed by atoms with E-state index in [1.807, 2.05) is 30.3 Å². The van der Waals surface area contributed by atoms with Crippen molar-refractivity contribution >= 4 is 17.4 Å². The van der Waals surface area contributed by atoms with Crippen LogP contribution >= 0.6 is 11.6 Å². The average Bonchev–Trinajstić information content (AvgIpc) is 2.30. The third kappa shape index (κ3) is 3.08. The Labute approximate surface area is 102 Å². The molecule has 1 aromatic carbocycles. The lowest BCUT2D eigenvalue weighted by atomic mass is 9.84. The van der Waals surface area contributed by atoms with Gasteiger partial charge in [0.1, 0.15) is 0 Å². The topological polar surface area (TPSA) is 17.1 Å². The number of halogens is 1. The van der Waals surface area contributed by atoms with Crippen molar-refractivity contribution in [1.82, 2.24) is 0 Å². The molecule has 2 heteroatoms. The van der Waals surface area contributed by atoms with Gasteiger partial charge in [-0.05, 0) is 25.2 Å². The number of rotatable bonds is 3. The van der Waals surface area contributed by atoms with Gasteiger partial charge < -0.3 is 0 Å². The first-order valence-electron chi connectivity index (χ1n) is 5.98. The molecule has 0 bridgehead atoms. The second kappa shape index (κ2) is 5.49. The molecule has 0 radical (unpaired) electrons. The Morgan fingerprint density at radius 1 is 1.25 bits per heavy atom. The summed E-state index contributed by atoms with van der Waals surface area (Å²) in [6.45, 7) is 0. The molecule has 1 aromatic rings. The molecule has 86 valence electrons. The number of ketones is 1. The molecule has 1 aliphatic carbocycles. The zero-order valence-corrected chi connectivity index (χ0v) is 10.1. The van der Waals surface area contributed by atoms with Crippen molar-refractivity contribution < 1.29 is 4.79 Å². The maximum Gasteiger partial charge on any atom is 0.163 e. The van der Waals surface area contributed by atoms with E-state index in [0.29, 0.717) is 12.3 Å². The normalized spacial score (nSPS) is 25.3. The highest BCUT2D eigenvalue weighted by atomic mass is 35.5. The first-order chi connectivity index (χ1) is 7.75. The Bertz CT molecular complexity index is 347. The molecule has 0 aliphatic heterocycles. The Morgan fingerprint density at radius 3 is 2.69 bits per heavy atom. The van der Waals surface area contributed by atoms with Crippen molar-refractivity contribution in [2.24, 2.45) is 5.92 Å². The maximum absolute atomic E-state index is 12.0. The highest BCUT2D eigenvalue weighted by Gasteiger charge is 2.22. The molecule has 1 nitrogen and oxygen atoms in total. The third-order valence-electron chi connectivity index (χ3n) is 3.29. The molecule has 0 heterocycles. The largest absolute Gasteiger partial charge is 0.294 e. The van der Waals surface area contributed by atoms with E-state index in [4.69, 9.17) is 11.6 Å². The van der Waals surface area contributed by atoms with Gasteiger partial charge in [-0.1, -0.05) is 36.8 Å². The Balaban J connectivity index is 1.92. The van der Waals surface area contributed by atoms with Crippen LogP contribution in [0.2, 0.25) is 0 Å². The predicted octanol–water partition coefficient (Wildman–Crippen LogP) is 4.06. The van der Waals surface area contributed by atoms with Gasteiger partial charge in [-0.15, -0.1) is 11.6 Å². The van der Waals surface area contributed by atoms with Gasteiger partial charge in [0, 0.05) is 17.4 Å². The van der Waals surface area contributed by atoms with E-state index in [0.717, 1.165) is 24.8 Å². The van der Waals surface area contributed by atoms with E-state index in [1.54, 1.807) is 0 Å². The van der Waals surface area contributed by atoms with E-state index < -0.39 is 0 Å². The summed E-state index contributed by atoms with van der Waals surface area (Å²) >= 11 is 6.13. The number of benzene rings is 1. The monoisotopic (exact) mass is 236 g/mol. The summed E-state index contributed by atoms with van der Waals surface area (Å²) in [7, 11) is 0. The van der Waals surface area contributed by atoms with Crippen LogP contribution in [-0.2, 0) is 0 Å². The van der Waals surface area contributed by atoms with Crippen LogP contribution in [0.5, 0.6) is 0 Å². The van der Waals surface area contributed by atoms with E-state index in [1.165, 1.54) is 6.42 Å². The van der Waals surface area contributed by atoms with E-state index in [9.17, 15) is 4.79 Å². The molecule has 1 fully saturated rings. The molecule has 0 aromatic heterocycles. The number of hydrogen-bond acceptors (Lipinski definition) is 1. The fraction of sp³-hybridized carbons (Fsp3) is 0.500. The Kier molecular flexibility index (Phi) is 4.00. The molecule has 1 aliphatic rings. The van der Waals surface area contributed by atoms with Gasteiger partial charge in [-0.25, -0.2) is 0 Å². The van der Waals surface area contributed by atoms with Gasteiger partial charge >= 0.3 is 0 Å². The third-order valence-corrected chi connectivity index (χ3v) is 3.69. The van der Waals surface area contributed by atoms with Gasteiger partial charge in [0.25, 0.3) is 0 Å². The molecule has 2 rings (SSSR count). The lowest BCUT2D eigenvalue weighted by molar-refractivity contribution is 0.0951. The minimum Gasteiger partial charge on any atom is -0.294 e.